The van der Waals surface area contributed by atoms with E-state index < -0.39 is 0 Å². The molecule has 1 saturated heterocycles. The molecule has 0 N–H and O–H groups in total. The van der Waals surface area contributed by atoms with Gasteiger partial charge in [0.05, 0.1) is 10.7 Å². The molecule has 1 atom stereocenters. The van der Waals surface area contributed by atoms with E-state index in [1.807, 2.05) is 30.5 Å². The van der Waals surface area contributed by atoms with Gasteiger partial charge in [0.1, 0.15) is 5.76 Å². The minimum Gasteiger partial charge on any atom is -0.361 e. The van der Waals surface area contributed by atoms with Crippen LogP contribution in [0, 0.1) is 13.8 Å². The van der Waals surface area contributed by atoms with E-state index in [1.165, 1.54) is 22.7 Å². The number of aryl methyl sites for hydroxylation is 2. The summed E-state index contributed by atoms with van der Waals surface area (Å²) in [4.78, 5) is 8.31. The van der Waals surface area contributed by atoms with Crippen LogP contribution < -0.4 is 0 Å². The topological polar surface area (TPSA) is 42.2 Å². The molecule has 0 aliphatic carbocycles. The number of likely N-dealkylation sites (tertiary alicyclic amines) is 1. The summed E-state index contributed by atoms with van der Waals surface area (Å²) < 4.78 is 5.13. The lowest BCUT2D eigenvalue weighted by atomic mass is 9.98. The van der Waals surface area contributed by atoms with Crippen molar-refractivity contribution in [3.63, 3.8) is 0 Å². The molecule has 2 aromatic heterocycles. The second-order valence-electron chi connectivity index (χ2n) is 5.31. The third kappa shape index (κ3) is 3.04. The maximum Gasteiger partial charge on any atom is 0.133 e. The van der Waals surface area contributed by atoms with Gasteiger partial charge in [-0.1, -0.05) is 5.16 Å². The van der Waals surface area contributed by atoms with E-state index >= 15 is 0 Å². The van der Waals surface area contributed by atoms with Crippen molar-refractivity contribution in [2.75, 3.05) is 13.1 Å². The Hall–Kier alpha value is -1.20. The molecular formula is C14H19N3OS. The van der Waals surface area contributed by atoms with E-state index in [4.69, 9.17) is 4.52 Å². The van der Waals surface area contributed by atoms with Gasteiger partial charge in [-0.25, -0.2) is 4.98 Å². The number of thiazole rings is 1. The molecule has 2 aromatic rings. The predicted octanol–water partition coefficient (Wildman–Crippen LogP) is 3.13. The zero-order chi connectivity index (χ0) is 13.2. The summed E-state index contributed by atoms with van der Waals surface area (Å²) in [6.07, 6.45) is 4.47. The van der Waals surface area contributed by atoms with Crippen LogP contribution in [0.4, 0.5) is 0 Å². The Bertz CT molecular complexity index is 548. The lowest BCUT2D eigenvalue weighted by Crippen LogP contribution is -2.33. The van der Waals surface area contributed by atoms with E-state index in [2.05, 4.69) is 22.0 Å². The number of aromatic nitrogens is 2. The fourth-order valence-electron chi connectivity index (χ4n) is 2.68. The first-order valence-electron chi connectivity index (χ1n) is 6.77. The van der Waals surface area contributed by atoms with Gasteiger partial charge in [-0.2, -0.15) is 0 Å². The van der Waals surface area contributed by atoms with Crippen molar-refractivity contribution < 1.29 is 4.52 Å². The van der Waals surface area contributed by atoms with Crippen molar-refractivity contribution >= 4 is 11.3 Å². The molecule has 4 nitrogen and oxygen atoms in total. The van der Waals surface area contributed by atoms with Gasteiger partial charge in [0.25, 0.3) is 0 Å². The molecule has 0 unspecified atom stereocenters. The summed E-state index contributed by atoms with van der Waals surface area (Å²) in [5, 5.41) is 5.37. The predicted molar refractivity (Wildman–Crippen MR) is 75.3 cm³/mol. The Balaban J connectivity index is 1.64. The highest BCUT2D eigenvalue weighted by atomic mass is 32.1. The average molecular weight is 277 g/mol. The third-order valence-electron chi connectivity index (χ3n) is 3.56. The van der Waals surface area contributed by atoms with E-state index in [1.54, 1.807) is 0 Å². The largest absolute Gasteiger partial charge is 0.361 e. The molecule has 0 radical (unpaired) electrons. The molecule has 102 valence electrons. The molecule has 1 aliphatic rings. The molecule has 3 heterocycles. The van der Waals surface area contributed by atoms with Crippen LogP contribution in [0.5, 0.6) is 0 Å². The van der Waals surface area contributed by atoms with Crippen LogP contribution in [0.1, 0.15) is 40.1 Å². The van der Waals surface area contributed by atoms with Gasteiger partial charge < -0.3 is 4.52 Å². The molecular weight excluding hydrogens is 258 g/mol. The molecule has 0 spiro atoms. The molecule has 1 fully saturated rings. The molecule has 0 saturated carbocycles. The van der Waals surface area contributed by atoms with Gasteiger partial charge in [-0.15, -0.1) is 11.3 Å². The quantitative estimate of drug-likeness (QED) is 0.864. The molecule has 19 heavy (non-hydrogen) atoms. The second-order valence-corrected chi connectivity index (χ2v) is 6.58. The molecule has 0 bridgehead atoms. The summed E-state index contributed by atoms with van der Waals surface area (Å²) in [6, 6.07) is 2.02. The SMILES string of the molecule is Cc1cc(CN2CCC[C@H](c3ncc(C)s3)C2)no1. The Labute approximate surface area is 117 Å². The molecule has 5 heteroatoms. The minimum absolute atomic E-state index is 0.584. The maximum atomic E-state index is 5.13. The lowest BCUT2D eigenvalue weighted by molar-refractivity contribution is 0.195. The minimum atomic E-state index is 0.584. The summed E-state index contributed by atoms with van der Waals surface area (Å²) >= 11 is 1.83. The molecule has 1 aliphatic heterocycles. The van der Waals surface area contributed by atoms with Crippen LogP contribution >= 0.6 is 11.3 Å². The normalized spacial score (nSPS) is 20.8. The Morgan fingerprint density at radius 1 is 1.47 bits per heavy atom. The summed E-state index contributed by atoms with van der Waals surface area (Å²) in [5.41, 5.74) is 1.04. The zero-order valence-corrected chi connectivity index (χ0v) is 12.2. The Morgan fingerprint density at radius 2 is 2.37 bits per heavy atom. The van der Waals surface area contributed by atoms with Gasteiger partial charge in [-0.3, -0.25) is 4.90 Å². The highest BCUT2D eigenvalue weighted by Gasteiger charge is 2.24. The first-order valence-corrected chi connectivity index (χ1v) is 7.59. The first-order chi connectivity index (χ1) is 9.20. The molecule has 3 rings (SSSR count). The first kappa shape index (κ1) is 12.8. The summed E-state index contributed by atoms with van der Waals surface area (Å²) in [5.74, 6) is 1.47. The van der Waals surface area contributed by atoms with Crippen molar-refractivity contribution in [2.45, 2.75) is 39.2 Å². The van der Waals surface area contributed by atoms with E-state index in [-0.39, 0.29) is 0 Å². The lowest BCUT2D eigenvalue weighted by Gasteiger charge is -2.31. The van der Waals surface area contributed by atoms with Crippen molar-refractivity contribution in [1.29, 1.82) is 0 Å². The second kappa shape index (κ2) is 5.43. The van der Waals surface area contributed by atoms with Crippen LogP contribution in [0.15, 0.2) is 16.8 Å². The van der Waals surface area contributed by atoms with Crippen LogP contribution in [0.2, 0.25) is 0 Å². The number of nitrogens with zero attached hydrogens (tertiary/aromatic N) is 3. The third-order valence-corrected chi connectivity index (χ3v) is 4.63. The van der Waals surface area contributed by atoms with Crippen molar-refractivity contribution in [3.8, 4) is 0 Å². The van der Waals surface area contributed by atoms with Crippen molar-refractivity contribution in [2.24, 2.45) is 0 Å². The van der Waals surface area contributed by atoms with Gasteiger partial charge in [0.15, 0.2) is 0 Å². The van der Waals surface area contributed by atoms with E-state index in [0.717, 1.165) is 31.1 Å². The highest BCUT2D eigenvalue weighted by Crippen LogP contribution is 2.30. The van der Waals surface area contributed by atoms with Crippen molar-refractivity contribution in [3.05, 3.63) is 33.6 Å². The smallest absolute Gasteiger partial charge is 0.133 e. The number of piperidine rings is 1. The van der Waals surface area contributed by atoms with Gasteiger partial charge in [0, 0.05) is 36.1 Å². The van der Waals surface area contributed by atoms with Gasteiger partial charge in [0.2, 0.25) is 0 Å². The van der Waals surface area contributed by atoms with Crippen LogP contribution in [-0.2, 0) is 6.54 Å². The standard InChI is InChI=1S/C14H19N3OS/c1-10-6-13(16-18-10)9-17-5-3-4-12(8-17)14-15-7-11(2)19-14/h6-7,12H,3-5,8-9H2,1-2H3/t12-/m0/s1. The van der Waals surface area contributed by atoms with Crippen molar-refractivity contribution in [1.82, 2.24) is 15.0 Å². The van der Waals surface area contributed by atoms with Gasteiger partial charge in [-0.05, 0) is 33.2 Å². The average Bonchev–Trinajstić information content (AvgIpc) is 2.99. The number of hydrogen-bond acceptors (Lipinski definition) is 5. The fourth-order valence-corrected chi connectivity index (χ4v) is 3.58. The summed E-state index contributed by atoms with van der Waals surface area (Å²) in [6.45, 7) is 7.18. The Morgan fingerprint density at radius 3 is 3.05 bits per heavy atom. The Kier molecular flexibility index (Phi) is 3.66. The highest BCUT2D eigenvalue weighted by molar-refractivity contribution is 7.11. The van der Waals surface area contributed by atoms with Crippen LogP contribution in [0.3, 0.4) is 0 Å². The zero-order valence-electron chi connectivity index (χ0n) is 11.4. The summed E-state index contributed by atoms with van der Waals surface area (Å²) in [7, 11) is 0. The molecule has 0 aromatic carbocycles. The van der Waals surface area contributed by atoms with E-state index in [0.29, 0.717) is 5.92 Å². The fraction of sp³-hybridized carbons (Fsp3) is 0.571. The van der Waals surface area contributed by atoms with Crippen LogP contribution in [0.25, 0.3) is 0 Å². The van der Waals surface area contributed by atoms with Crippen LogP contribution in [-0.4, -0.2) is 28.1 Å². The monoisotopic (exact) mass is 277 g/mol. The maximum absolute atomic E-state index is 5.13. The number of rotatable bonds is 3. The molecule has 0 amide bonds. The number of hydrogen-bond donors (Lipinski definition) is 0. The van der Waals surface area contributed by atoms with E-state index in [9.17, 15) is 0 Å². The van der Waals surface area contributed by atoms with Gasteiger partial charge >= 0.3 is 0 Å².